The number of nitrogens with one attached hydrogen (secondary N) is 1. The molecule has 6 nitrogen and oxygen atoms in total. The molecule has 0 radical (unpaired) electrons. The molecule has 0 aliphatic carbocycles. The summed E-state index contributed by atoms with van der Waals surface area (Å²) in [5.41, 5.74) is 0.738. The van der Waals surface area contributed by atoms with Crippen molar-refractivity contribution in [3.8, 4) is 0 Å². The number of hydrogen-bond donors (Lipinski definition) is 2. The molecule has 0 aliphatic rings. The van der Waals surface area contributed by atoms with Gasteiger partial charge in [-0.05, 0) is 12.0 Å². The van der Waals surface area contributed by atoms with Gasteiger partial charge in [-0.1, -0.05) is 13.8 Å². The van der Waals surface area contributed by atoms with E-state index >= 15 is 0 Å². The Bertz CT molecular complexity index is 665. The summed E-state index contributed by atoms with van der Waals surface area (Å²) in [4.78, 5) is 31.8. The van der Waals surface area contributed by atoms with Crippen LogP contribution < -0.4 is 5.32 Å². The van der Waals surface area contributed by atoms with E-state index in [0.717, 1.165) is 12.2 Å². The first-order chi connectivity index (χ1) is 10.4. The van der Waals surface area contributed by atoms with Crippen molar-refractivity contribution < 1.29 is 14.7 Å². The van der Waals surface area contributed by atoms with Crippen LogP contribution in [-0.4, -0.2) is 27.0 Å². The van der Waals surface area contributed by atoms with Crippen LogP contribution in [0.25, 0.3) is 0 Å². The van der Waals surface area contributed by atoms with Crippen molar-refractivity contribution in [1.29, 1.82) is 0 Å². The summed E-state index contributed by atoms with van der Waals surface area (Å²) >= 11 is 1.25. The summed E-state index contributed by atoms with van der Waals surface area (Å²) in [5.74, 6) is 0.0103. The molecule has 0 saturated carbocycles. The van der Waals surface area contributed by atoms with Crippen LogP contribution in [0.3, 0.4) is 0 Å². The summed E-state index contributed by atoms with van der Waals surface area (Å²) in [6, 6.07) is 1.51. The Morgan fingerprint density at radius 3 is 2.55 bits per heavy atom. The van der Waals surface area contributed by atoms with Gasteiger partial charge in [-0.2, -0.15) is 0 Å². The SMILES string of the molecule is CC(C)Cc1ncc(NC(=O)Cc2cc(C(=O)O)cs2)cn1. The third-order valence-corrected chi connectivity index (χ3v) is 3.75. The Hall–Kier alpha value is -2.28. The van der Waals surface area contributed by atoms with Crippen molar-refractivity contribution in [3.63, 3.8) is 0 Å². The maximum absolute atomic E-state index is 11.9. The molecule has 0 spiro atoms. The van der Waals surface area contributed by atoms with E-state index in [1.165, 1.54) is 22.8 Å². The van der Waals surface area contributed by atoms with Crippen molar-refractivity contribution in [2.24, 2.45) is 5.92 Å². The molecule has 0 aromatic carbocycles. The fourth-order valence-electron chi connectivity index (χ4n) is 1.84. The number of aromatic nitrogens is 2. The number of amides is 1. The molecular formula is C15H17N3O3S. The maximum atomic E-state index is 11.9. The van der Waals surface area contributed by atoms with E-state index in [9.17, 15) is 9.59 Å². The van der Waals surface area contributed by atoms with Crippen molar-refractivity contribution in [1.82, 2.24) is 9.97 Å². The van der Waals surface area contributed by atoms with Gasteiger partial charge in [-0.3, -0.25) is 4.79 Å². The summed E-state index contributed by atoms with van der Waals surface area (Å²) in [7, 11) is 0. The molecule has 22 heavy (non-hydrogen) atoms. The fourth-order valence-corrected chi connectivity index (χ4v) is 2.70. The molecule has 7 heteroatoms. The largest absolute Gasteiger partial charge is 0.478 e. The first kappa shape index (κ1) is 16.1. The Labute approximate surface area is 132 Å². The average Bonchev–Trinajstić information content (AvgIpc) is 2.89. The number of thiophene rings is 1. The molecule has 1 amide bonds. The second kappa shape index (κ2) is 7.13. The zero-order valence-corrected chi connectivity index (χ0v) is 13.2. The van der Waals surface area contributed by atoms with Gasteiger partial charge in [0.05, 0.1) is 30.1 Å². The lowest BCUT2D eigenvalue weighted by atomic mass is 10.1. The van der Waals surface area contributed by atoms with Crippen LogP contribution in [0.5, 0.6) is 0 Å². The second-order valence-electron chi connectivity index (χ2n) is 5.32. The van der Waals surface area contributed by atoms with Crippen LogP contribution in [0.2, 0.25) is 0 Å². The average molecular weight is 319 g/mol. The van der Waals surface area contributed by atoms with Crippen molar-refractivity contribution in [3.05, 3.63) is 40.1 Å². The maximum Gasteiger partial charge on any atom is 0.336 e. The van der Waals surface area contributed by atoms with Gasteiger partial charge < -0.3 is 10.4 Å². The number of nitrogens with zero attached hydrogens (tertiary/aromatic N) is 2. The first-order valence-electron chi connectivity index (χ1n) is 6.85. The Morgan fingerprint density at radius 1 is 1.32 bits per heavy atom. The summed E-state index contributed by atoms with van der Waals surface area (Å²) in [6.07, 6.45) is 4.09. The van der Waals surface area contributed by atoms with E-state index in [4.69, 9.17) is 5.11 Å². The number of aromatic carboxylic acids is 1. The molecule has 2 aromatic heterocycles. The highest BCUT2D eigenvalue weighted by molar-refractivity contribution is 7.10. The monoisotopic (exact) mass is 319 g/mol. The molecule has 0 saturated heterocycles. The van der Waals surface area contributed by atoms with E-state index in [1.807, 2.05) is 0 Å². The molecule has 0 bridgehead atoms. The highest BCUT2D eigenvalue weighted by atomic mass is 32.1. The third kappa shape index (κ3) is 4.63. The van der Waals surface area contributed by atoms with Gasteiger partial charge in [0, 0.05) is 16.7 Å². The first-order valence-corrected chi connectivity index (χ1v) is 7.73. The van der Waals surface area contributed by atoms with Crippen LogP contribution in [0.1, 0.15) is 34.9 Å². The molecule has 0 atom stereocenters. The predicted molar refractivity (Wildman–Crippen MR) is 84.2 cm³/mol. The van der Waals surface area contributed by atoms with Crippen LogP contribution in [-0.2, 0) is 17.6 Å². The van der Waals surface area contributed by atoms with E-state index < -0.39 is 5.97 Å². The number of carbonyl (C=O) groups is 2. The number of hydrogen-bond acceptors (Lipinski definition) is 5. The van der Waals surface area contributed by atoms with Gasteiger partial charge in [-0.25, -0.2) is 14.8 Å². The van der Waals surface area contributed by atoms with Gasteiger partial charge in [0.1, 0.15) is 5.82 Å². The predicted octanol–water partition coefficient (Wildman–Crippen LogP) is 2.62. The van der Waals surface area contributed by atoms with Crippen LogP contribution >= 0.6 is 11.3 Å². The minimum Gasteiger partial charge on any atom is -0.478 e. The highest BCUT2D eigenvalue weighted by Gasteiger charge is 2.10. The minimum absolute atomic E-state index is 0.131. The fraction of sp³-hybridized carbons (Fsp3) is 0.333. The van der Waals surface area contributed by atoms with Crippen molar-refractivity contribution in [2.75, 3.05) is 5.32 Å². The van der Waals surface area contributed by atoms with Crippen LogP contribution in [0.15, 0.2) is 23.8 Å². The normalized spacial score (nSPS) is 10.7. The van der Waals surface area contributed by atoms with Gasteiger partial charge in [-0.15, -0.1) is 11.3 Å². The smallest absolute Gasteiger partial charge is 0.336 e. The van der Waals surface area contributed by atoms with Gasteiger partial charge in [0.25, 0.3) is 0 Å². The molecule has 2 heterocycles. The molecule has 0 fully saturated rings. The van der Waals surface area contributed by atoms with Gasteiger partial charge in [0.15, 0.2) is 0 Å². The highest BCUT2D eigenvalue weighted by Crippen LogP contribution is 2.16. The molecular weight excluding hydrogens is 302 g/mol. The standard InChI is InChI=1S/C15H17N3O3S/c1-9(2)3-13-16-6-11(7-17-13)18-14(19)5-12-4-10(8-22-12)15(20)21/h4,6-9H,3,5H2,1-2H3,(H,18,19)(H,20,21). The number of carbonyl (C=O) groups excluding carboxylic acids is 1. The number of carboxylic acid groups (broad SMARTS) is 1. The zero-order valence-electron chi connectivity index (χ0n) is 12.4. The molecule has 2 N–H and O–H groups in total. The minimum atomic E-state index is -0.989. The Balaban J connectivity index is 1.92. The lowest BCUT2D eigenvalue weighted by Gasteiger charge is -2.06. The van der Waals surface area contributed by atoms with Crippen molar-refractivity contribution >= 4 is 28.9 Å². The van der Waals surface area contributed by atoms with Crippen LogP contribution in [0, 0.1) is 5.92 Å². The molecule has 2 aromatic rings. The Morgan fingerprint density at radius 2 is 2.00 bits per heavy atom. The number of rotatable bonds is 6. The zero-order chi connectivity index (χ0) is 16.1. The summed E-state index contributed by atoms with van der Waals surface area (Å²) in [6.45, 7) is 4.18. The molecule has 2 rings (SSSR count). The number of carboxylic acids is 1. The molecule has 0 unspecified atom stereocenters. The summed E-state index contributed by atoms with van der Waals surface area (Å²) in [5, 5.41) is 13.1. The lowest BCUT2D eigenvalue weighted by Crippen LogP contribution is -2.14. The van der Waals surface area contributed by atoms with E-state index in [0.29, 0.717) is 16.5 Å². The summed E-state index contributed by atoms with van der Waals surface area (Å²) < 4.78 is 0. The Kier molecular flexibility index (Phi) is 5.21. The van der Waals surface area contributed by atoms with Gasteiger partial charge >= 0.3 is 5.97 Å². The van der Waals surface area contributed by atoms with Gasteiger partial charge in [0.2, 0.25) is 5.91 Å². The van der Waals surface area contributed by atoms with E-state index in [1.54, 1.807) is 12.4 Å². The number of anilines is 1. The molecule has 116 valence electrons. The lowest BCUT2D eigenvalue weighted by molar-refractivity contribution is -0.115. The van der Waals surface area contributed by atoms with E-state index in [2.05, 4.69) is 29.1 Å². The third-order valence-electron chi connectivity index (χ3n) is 2.82. The quantitative estimate of drug-likeness (QED) is 0.854. The topological polar surface area (TPSA) is 92.2 Å². The van der Waals surface area contributed by atoms with Crippen molar-refractivity contribution in [2.45, 2.75) is 26.7 Å². The van der Waals surface area contributed by atoms with Crippen LogP contribution in [0.4, 0.5) is 5.69 Å². The van der Waals surface area contributed by atoms with E-state index in [-0.39, 0.29) is 17.9 Å². The molecule has 0 aliphatic heterocycles. The second-order valence-corrected chi connectivity index (χ2v) is 6.31.